The summed E-state index contributed by atoms with van der Waals surface area (Å²) in [5, 5.41) is 15.0. The summed E-state index contributed by atoms with van der Waals surface area (Å²) in [6.45, 7) is 0.458. The Morgan fingerprint density at radius 1 is 0.897 bits per heavy atom. The summed E-state index contributed by atoms with van der Waals surface area (Å²) in [5.74, 6) is -0.270. The van der Waals surface area contributed by atoms with Crippen molar-refractivity contribution in [2.24, 2.45) is 12.2 Å². The molecule has 0 aliphatic rings. The van der Waals surface area contributed by atoms with E-state index in [-0.39, 0.29) is 35.4 Å². The number of oxime groups is 1. The third-order valence-corrected chi connectivity index (χ3v) is 5.27. The maximum absolute atomic E-state index is 13.5. The van der Waals surface area contributed by atoms with Gasteiger partial charge in [-0.1, -0.05) is 17.2 Å². The van der Waals surface area contributed by atoms with E-state index in [4.69, 9.17) is 4.84 Å². The number of rotatable bonds is 8. The molecule has 2 heterocycles. The first-order valence-electron chi connectivity index (χ1n) is 11.0. The molecule has 39 heavy (non-hydrogen) atoms. The van der Waals surface area contributed by atoms with Crippen molar-refractivity contribution in [3.8, 4) is 0 Å². The van der Waals surface area contributed by atoms with Gasteiger partial charge in [0.25, 0.3) is 5.95 Å². The van der Waals surface area contributed by atoms with Crippen LogP contribution < -0.4 is 4.90 Å². The summed E-state index contributed by atoms with van der Waals surface area (Å²) in [5.41, 5.74) is -4.69. The Morgan fingerprint density at radius 3 is 1.95 bits per heavy atom. The molecule has 0 saturated carbocycles. The van der Waals surface area contributed by atoms with Crippen molar-refractivity contribution in [3.05, 3.63) is 64.0 Å². The van der Waals surface area contributed by atoms with Crippen LogP contribution in [0.4, 0.5) is 45.5 Å². The molecular formula is C22H20F9N7O. The molecule has 0 fully saturated rings. The Hall–Kier alpha value is -3.92. The van der Waals surface area contributed by atoms with Crippen LogP contribution >= 0.6 is 0 Å². The normalized spacial score (nSPS) is 13.1. The first-order chi connectivity index (χ1) is 18.0. The lowest BCUT2D eigenvalue weighted by molar-refractivity contribution is -0.143. The number of halogens is 9. The highest BCUT2D eigenvalue weighted by molar-refractivity contribution is 5.99. The van der Waals surface area contributed by atoms with Crippen molar-refractivity contribution < 1.29 is 44.4 Å². The van der Waals surface area contributed by atoms with Gasteiger partial charge < -0.3 is 9.74 Å². The van der Waals surface area contributed by atoms with Crippen LogP contribution in [0.2, 0.25) is 0 Å². The molecule has 0 atom stereocenters. The molecule has 0 amide bonds. The summed E-state index contributed by atoms with van der Waals surface area (Å²) in [7, 11) is 2.56. The Balaban J connectivity index is 2.17. The van der Waals surface area contributed by atoms with Crippen molar-refractivity contribution in [1.29, 1.82) is 0 Å². The van der Waals surface area contributed by atoms with Crippen LogP contribution in [0.1, 0.15) is 46.9 Å². The number of aryl methyl sites for hydroxylation is 1. The molecule has 0 unspecified atom stereocenters. The minimum absolute atomic E-state index is 0.0266. The van der Waals surface area contributed by atoms with Gasteiger partial charge in [0.1, 0.15) is 12.8 Å². The van der Waals surface area contributed by atoms with Crippen LogP contribution in [0.3, 0.4) is 0 Å². The number of aromatic nitrogens is 5. The molecule has 212 valence electrons. The molecule has 0 aliphatic carbocycles. The van der Waals surface area contributed by atoms with Gasteiger partial charge in [0.15, 0.2) is 0 Å². The SMILES string of the molecule is CC/C(=N\OC)c1ncc(C(F)(F)F)cc1CN(Cc1cc(C(F)(F)F)cc(C(F)(F)F)c1)c1nnn(C)n1. The predicted molar refractivity (Wildman–Crippen MR) is 118 cm³/mol. The Morgan fingerprint density at radius 2 is 1.49 bits per heavy atom. The monoisotopic (exact) mass is 569 g/mol. The number of tetrazole rings is 1. The Labute approximate surface area is 215 Å². The van der Waals surface area contributed by atoms with Gasteiger partial charge in [0.05, 0.1) is 29.4 Å². The second kappa shape index (κ2) is 11.1. The number of pyridine rings is 1. The highest BCUT2D eigenvalue weighted by Crippen LogP contribution is 2.37. The molecule has 3 aromatic rings. The van der Waals surface area contributed by atoms with Gasteiger partial charge in [0, 0.05) is 19.3 Å². The van der Waals surface area contributed by atoms with E-state index in [0.29, 0.717) is 18.3 Å². The minimum Gasteiger partial charge on any atom is -0.399 e. The molecule has 8 nitrogen and oxygen atoms in total. The fourth-order valence-electron chi connectivity index (χ4n) is 3.57. The van der Waals surface area contributed by atoms with Gasteiger partial charge in [0.2, 0.25) is 0 Å². The lowest BCUT2D eigenvalue weighted by Crippen LogP contribution is -2.26. The molecule has 1 aromatic carbocycles. The largest absolute Gasteiger partial charge is 0.417 e. The summed E-state index contributed by atoms with van der Waals surface area (Å²) < 4.78 is 121. The van der Waals surface area contributed by atoms with Crippen molar-refractivity contribution >= 4 is 11.7 Å². The topological polar surface area (TPSA) is 81.3 Å². The fraction of sp³-hybridized carbons (Fsp3) is 0.409. The number of nitrogens with zero attached hydrogens (tertiary/aromatic N) is 7. The van der Waals surface area contributed by atoms with Crippen LogP contribution in [0.15, 0.2) is 35.6 Å². The van der Waals surface area contributed by atoms with Gasteiger partial charge in [-0.05, 0) is 47.0 Å². The van der Waals surface area contributed by atoms with Gasteiger partial charge in [-0.15, -0.1) is 5.10 Å². The van der Waals surface area contributed by atoms with E-state index in [1.165, 1.54) is 14.2 Å². The van der Waals surface area contributed by atoms with E-state index in [9.17, 15) is 39.5 Å². The molecule has 0 bridgehead atoms. The van der Waals surface area contributed by atoms with Crippen molar-refractivity contribution in [3.63, 3.8) is 0 Å². The van der Waals surface area contributed by atoms with E-state index in [2.05, 4.69) is 25.6 Å². The lowest BCUT2D eigenvalue weighted by atomic mass is 10.0. The highest BCUT2D eigenvalue weighted by Gasteiger charge is 2.37. The van der Waals surface area contributed by atoms with Crippen LogP contribution in [-0.4, -0.2) is 38.0 Å². The summed E-state index contributed by atoms with van der Waals surface area (Å²) >= 11 is 0. The second-order valence-electron chi connectivity index (χ2n) is 8.15. The van der Waals surface area contributed by atoms with Crippen LogP contribution in [0, 0.1) is 0 Å². The van der Waals surface area contributed by atoms with Crippen LogP contribution in [-0.2, 0) is 43.5 Å². The van der Waals surface area contributed by atoms with E-state index in [1.54, 1.807) is 6.92 Å². The lowest BCUT2D eigenvalue weighted by Gasteiger charge is -2.24. The third kappa shape index (κ3) is 7.35. The van der Waals surface area contributed by atoms with E-state index < -0.39 is 53.9 Å². The summed E-state index contributed by atoms with van der Waals surface area (Å²) in [6.07, 6.45) is -14.3. The molecule has 0 saturated heterocycles. The predicted octanol–water partition coefficient (Wildman–Crippen LogP) is 5.63. The fourth-order valence-corrected chi connectivity index (χ4v) is 3.57. The summed E-state index contributed by atoms with van der Waals surface area (Å²) in [6, 6.07) is 1.74. The van der Waals surface area contributed by atoms with E-state index in [1.807, 2.05) is 0 Å². The number of hydrogen-bond donors (Lipinski definition) is 0. The molecule has 0 aliphatic heterocycles. The average molecular weight is 569 g/mol. The van der Waals surface area contributed by atoms with Crippen LogP contribution in [0.5, 0.6) is 0 Å². The second-order valence-corrected chi connectivity index (χ2v) is 8.15. The Bertz CT molecular complexity index is 1300. The number of alkyl halides is 9. The zero-order valence-electron chi connectivity index (χ0n) is 20.4. The molecule has 3 rings (SSSR count). The molecule has 0 N–H and O–H groups in total. The van der Waals surface area contributed by atoms with Crippen LogP contribution in [0.25, 0.3) is 0 Å². The van der Waals surface area contributed by atoms with E-state index in [0.717, 1.165) is 15.8 Å². The number of benzene rings is 1. The standard InChI is InChI=1S/C22H20F9N7O/c1-4-17(35-39-3)18-13(7-16(9-32-18)22(29,30)31)11-38(19-33-36-37(2)34-19)10-12-5-14(20(23,24)25)8-15(6-12)21(26,27)28/h5-9H,4,10-11H2,1-3H3/b35-17+. The summed E-state index contributed by atoms with van der Waals surface area (Å²) in [4.78, 5) is 10.6. The maximum atomic E-state index is 13.5. The van der Waals surface area contributed by atoms with Crippen molar-refractivity contribution in [1.82, 2.24) is 25.2 Å². The number of hydrogen-bond acceptors (Lipinski definition) is 7. The first-order valence-corrected chi connectivity index (χ1v) is 11.0. The molecular weight excluding hydrogens is 549 g/mol. The third-order valence-electron chi connectivity index (χ3n) is 5.27. The minimum atomic E-state index is -5.10. The quantitative estimate of drug-likeness (QED) is 0.199. The first kappa shape index (κ1) is 29.6. The van der Waals surface area contributed by atoms with Gasteiger partial charge in [-0.25, -0.2) is 0 Å². The molecule has 17 heteroatoms. The maximum Gasteiger partial charge on any atom is 0.417 e. The average Bonchev–Trinajstić information content (AvgIpc) is 3.26. The molecule has 0 radical (unpaired) electrons. The van der Waals surface area contributed by atoms with Crippen molar-refractivity contribution in [2.45, 2.75) is 45.0 Å². The van der Waals surface area contributed by atoms with E-state index >= 15 is 0 Å². The Kier molecular flexibility index (Phi) is 8.40. The van der Waals surface area contributed by atoms with Crippen molar-refractivity contribution in [2.75, 3.05) is 12.0 Å². The zero-order valence-corrected chi connectivity index (χ0v) is 20.4. The smallest absolute Gasteiger partial charge is 0.399 e. The van der Waals surface area contributed by atoms with Gasteiger partial charge in [-0.3, -0.25) is 4.98 Å². The highest BCUT2D eigenvalue weighted by atomic mass is 19.4. The van der Waals surface area contributed by atoms with Gasteiger partial charge in [-0.2, -0.15) is 44.3 Å². The number of anilines is 1. The molecule has 0 spiro atoms. The van der Waals surface area contributed by atoms with Gasteiger partial charge >= 0.3 is 18.5 Å². The molecule has 2 aromatic heterocycles. The zero-order chi connectivity index (χ0) is 29.2.